The molecule has 0 aliphatic carbocycles. The van der Waals surface area contributed by atoms with Crippen molar-refractivity contribution in [2.24, 2.45) is 0 Å². The van der Waals surface area contributed by atoms with E-state index >= 15 is 0 Å². The molecule has 30 heavy (non-hydrogen) atoms. The summed E-state index contributed by atoms with van der Waals surface area (Å²) >= 11 is 0. The van der Waals surface area contributed by atoms with Gasteiger partial charge in [-0.3, -0.25) is 4.57 Å². The van der Waals surface area contributed by atoms with Gasteiger partial charge < -0.3 is 18.4 Å². The lowest BCUT2D eigenvalue weighted by atomic mass is 9.91. The van der Waals surface area contributed by atoms with Crippen molar-refractivity contribution in [2.45, 2.75) is 25.2 Å². The number of hydrogen-bond acceptors (Lipinski definition) is 6. The molecule has 1 fully saturated rings. The fraction of sp³-hybridized carbons (Fsp3) is 0.348. The zero-order valence-corrected chi connectivity index (χ0v) is 18.3. The molecule has 158 valence electrons. The lowest BCUT2D eigenvalue weighted by Gasteiger charge is -2.27. The summed E-state index contributed by atoms with van der Waals surface area (Å²) in [5.74, 6) is 0.748. The lowest BCUT2D eigenvalue weighted by molar-refractivity contribution is 0.286. The van der Waals surface area contributed by atoms with Crippen LogP contribution in [0, 0.1) is 0 Å². The van der Waals surface area contributed by atoms with E-state index in [4.69, 9.17) is 18.4 Å². The van der Waals surface area contributed by atoms with Crippen molar-refractivity contribution in [3.05, 3.63) is 77.7 Å². The average molecular weight is 426 g/mol. The molecule has 6 nitrogen and oxygen atoms in total. The van der Waals surface area contributed by atoms with Gasteiger partial charge in [-0.1, -0.05) is 60.7 Å². The Kier molecular flexibility index (Phi) is 6.38. The SMILES string of the molecule is COP(=O)(OC)c1nc(C(c2ccccc2)c2ccccc2)oc1N1CCCCC1. The van der Waals surface area contributed by atoms with Crippen molar-refractivity contribution in [3.63, 3.8) is 0 Å². The normalized spacial score (nSPS) is 15.0. The zero-order chi connectivity index (χ0) is 21.0. The summed E-state index contributed by atoms with van der Waals surface area (Å²) in [5, 5.41) is 0. The van der Waals surface area contributed by atoms with Gasteiger partial charge in [0, 0.05) is 27.3 Å². The first-order valence-electron chi connectivity index (χ1n) is 10.2. The Morgan fingerprint density at radius 3 is 1.93 bits per heavy atom. The minimum Gasteiger partial charge on any atom is -0.423 e. The van der Waals surface area contributed by atoms with Crippen molar-refractivity contribution in [1.82, 2.24) is 4.98 Å². The van der Waals surface area contributed by atoms with E-state index in [0.29, 0.717) is 11.8 Å². The Morgan fingerprint density at radius 2 is 1.43 bits per heavy atom. The van der Waals surface area contributed by atoms with E-state index in [0.717, 1.165) is 37.1 Å². The molecule has 0 unspecified atom stereocenters. The second-order valence-electron chi connectivity index (χ2n) is 7.35. The van der Waals surface area contributed by atoms with Gasteiger partial charge in [0.25, 0.3) is 0 Å². The summed E-state index contributed by atoms with van der Waals surface area (Å²) in [6.07, 6.45) is 3.29. The van der Waals surface area contributed by atoms with Crippen LogP contribution in [0.3, 0.4) is 0 Å². The molecule has 7 heteroatoms. The second-order valence-corrected chi connectivity index (χ2v) is 9.49. The average Bonchev–Trinajstić information content (AvgIpc) is 3.26. The molecule has 1 aromatic heterocycles. The van der Waals surface area contributed by atoms with E-state index in [1.54, 1.807) is 0 Å². The van der Waals surface area contributed by atoms with Crippen LogP contribution in [0.4, 0.5) is 5.88 Å². The van der Waals surface area contributed by atoms with Crippen molar-refractivity contribution in [3.8, 4) is 0 Å². The molecule has 1 saturated heterocycles. The number of aromatic nitrogens is 1. The van der Waals surface area contributed by atoms with E-state index in [-0.39, 0.29) is 11.4 Å². The monoisotopic (exact) mass is 426 g/mol. The highest BCUT2D eigenvalue weighted by atomic mass is 31.2. The van der Waals surface area contributed by atoms with E-state index in [1.165, 1.54) is 20.6 Å². The predicted octanol–water partition coefficient (Wildman–Crippen LogP) is 4.96. The zero-order valence-electron chi connectivity index (χ0n) is 17.4. The van der Waals surface area contributed by atoms with Gasteiger partial charge in [-0.15, -0.1) is 0 Å². The minimum atomic E-state index is -3.59. The highest BCUT2D eigenvalue weighted by molar-refractivity contribution is 7.62. The molecule has 3 aromatic rings. The number of piperidine rings is 1. The van der Waals surface area contributed by atoms with Gasteiger partial charge in [0.15, 0.2) is 0 Å². The van der Waals surface area contributed by atoms with Crippen LogP contribution >= 0.6 is 7.60 Å². The Balaban J connectivity index is 1.87. The third-order valence-corrected chi connectivity index (χ3v) is 7.28. The first-order valence-corrected chi connectivity index (χ1v) is 11.8. The lowest BCUT2D eigenvalue weighted by Crippen LogP contribution is -2.32. The first-order chi connectivity index (χ1) is 14.7. The van der Waals surface area contributed by atoms with E-state index in [1.807, 2.05) is 60.7 Å². The Bertz CT molecular complexity index is 953. The number of rotatable bonds is 7. The standard InChI is InChI=1S/C23H27N2O4P/c1-27-30(26,28-2)22-23(25-16-10-5-11-17-25)29-21(24-22)20(18-12-6-3-7-13-18)19-14-8-4-9-15-19/h3-4,6-9,12-15,20H,5,10-11,16-17H2,1-2H3. The molecule has 4 rings (SSSR count). The first kappa shape index (κ1) is 20.9. The van der Waals surface area contributed by atoms with Gasteiger partial charge in [0.2, 0.25) is 17.2 Å². The smallest absolute Gasteiger partial charge is 0.384 e. The maximum Gasteiger partial charge on any atom is 0.384 e. The van der Waals surface area contributed by atoms with Crippen LogP contribution < -0.4 is 10.3 Å². The molecule has 0 saturated carbocycles. The number of hydrogen-bond donors (Lipinski definition) is 0. The van der Waals surface area contributed by atoms with Gasteiger partial charge in [-0.25, -0.2) is 4.98 Å². The van der Waals surface area contributed by atoms with E-state index < -0.39 is 7.60 Å². The maximum absolute atomic E-state index is 13.3. The van der Waals surface area contributed by atoms with Crippen LogP contribution in [0.5, 0.6) is 0 Å². The van der Waals surface area contributed by atoms with E-state index in [9.17, 15) is 4.57 Å². The van der Waals surface area contributed by atoms with Crippen molar-refractivity contribution >= 4 is 18.9 Å². The third-order valence-electron chi connectivity index (χ3n) is 5.50. The molecular formula is C23H27N2O4P. The van der Waals surface area contributed by atoms with Crippen LogP contribution in [0.15, 0.2) is 65.1 Å². The van der Waals surface area contributed by atoms with Gasteiger partial charge in [-0.05, 0) is 30.4 Å². The molecule has 0 atom stereocenters. The second kappa shape index (κ2) is 9.17. The highest BCUT2D eigenvalue weighted by Crippen LogP contribution is 2.48. The molecule has 0 radical (unpaired) electrons. The van der Waals surface area contributed by atoms with E-state index in [2.05, 4.69) is 4.90 Å². The highest BCUT2D eigenvalue weighted by Gasteiger charge is 2.38. The predicted molar refractivity (Wildman–Crippen MR) is 118 cm³/mol. The molecule has 2 heterocycles. The van der Waals surface area contributed by atoms with Crippen LogP contribution in [-0.2, 0) is 13.6 Å². The van der Waals surface area contributed by atoms with Gasteiger partial charge >= 0.3 is 7.60 Å². The molecule has 0 amide bonds. The quantitative estimate of drug-likeness (QED) is 0.498. The Labute approximate surface area is 177 Å². The summed E-state index contributed by atoms with van der Waals surface area (Å²) in [4.78, 5) is 6.84. The topological polar surface area (TPSA) is 64.8 Å². The number of oxazole rings is 1. The van der Waals surface area contributed by atoms with Gasteiger partial charge in [0.05, 0.1) is 5.92 Å². The fourth-order valence-corrected chi connectivity index (χ4v) is 5.08. The number of nitrogens with zero attached hydrogens (tertiary/aromatic N) is 2. The molecule has 0 N–H and O–H groups in total. The molecule has 2 aromatic carbocycles. The molecule has 0 spiro atoms. The summed E-state index contributed by atoms with van der Waals surface area (Å²) in [6, 6.07) is 20.1. The van der Waals surface area contributed by atoms with Gasteiger partial charge in [-0.2, -0.15) is 0 Å². The number of anilines is 1. The Hall–Kier alpha value is -2.40. The minimum absolute atomic E-state index is 0.230. The van der Waals surface area contributed by atoms with Crippen LogP contribution in [0.1, 0.15) is 42.2 Å². The number of benzene rings is 2. The molecule has 0 bridgehead atoms. The maximum atomic E-state index is 13.3. The molecular weight excluding hydrogens is 399 g/mol. The Morgan fingerprint density at radius 1 is 0.900 bits per heavy atom. The fourth-order valence-electron chi connectivity index (χ4n) is 3.94. The van der Waals surface area contributed by atoms with Crippen molar-refractivity contribution < 1.29 is 18.0 Å². The van der Waals surface area contributed by atoms with Crippen LogP contribution in [-0.4, -0.2) is 32.3 Å². The summed E-state index contributed by atoms with van der Waals surface area (Å²) in [5.41, 5.74) is 2.35. The largest absolute Gasteiger partial charge is 0.423 e. The van der Waals surface area contributed by atoms with Crippen LogP contribution in [0.25, 0.3) is 0 Å². The van der Waals surface area contributed by atoms with Crippen LogP contribution in [0.2, 0.25) is 0 Å². The summed E-state index contributed by atoms with van der Waals surface area (Å²) in [7, 11) is -0.827. The van der Waals surface area contributed by atoms with Crippen molar-refractivity contribution in [1.29, 1.82) is 0 Å². The van der Waals surface area contributed by atoms with Crippen molar-refractivity contribution in [2.75, 3.05) is 32.2 Å². The molecule has 1 aliphatic rings. The summed E-state index contributed by atoms with van der Waals surface area (Å²) in [6.45, 7) is 1.66. The third kappa shape index (κ3) is 4.08. The molecule has 1 aliphatic heterocycles. The summed E-state index contributed by atoms with van der Waals surface area (Å²) < 4.78 is 30.3. The van der Waals surface area contributed by atoms with Gasteiger partial charge in [0.1, 0.15) is 0 Å².